The van der Waals surface area contributed by atoms with Crippen LogP contribution in [-0.4, -0.2) is 38.6 Å². The lowest BCUT2D eigenvalue weighted by Gasteiger charge is -2.06. The standard InChI is InChI=1S/C12H18O4/c1-14-9-10-15-7-2-8-16-12-5-3-11(13)4-6-12/h3-6,13H,2,7-10H2,1H3. The maximum Gasteiger partial charge on any atom is 0.119 e. The third kappa shape index (κ3) is 5.58. The van der Waals surface area contributed by atoms with Crippen LogP contribution in [0, 0.1) is 0 Å². The third-order valence-electron chi connectivity index (χ3n) is 1.97. The number of aromatic hydroxyl groups is 1. The van der Waals surface area contributed by atoms with Crippen molar-refractivity contribution in [3.05, 3.63) is 24.3 Å². The van der Waals surface area contributed by atoms with E-state index >= 15 is 0 Å². The summed E-state index contributed by atoms with van der Waals surface area (Å²) in [5.74, 6) is 1.00. The fraction of sp³-hybridized carbons (Fsp3) is 0.500. The molecule has 0 amide bonds. The number of rotatable bonds is 8. The Hall–Kier alpha value is -1.26. The molecule has 0 aliphatic carbocycles. The summed E-state index contributed by atoms with van der Waals surface area (Å²) in [7, 11) is 1.65. The molecule has 0 radical (unpaired) electrons. The number of methoxy groups -OCH3 is 1. The molecule has 4 heteroatoms. The van der Waals surface area contributed by atoms with Crippen LogP contribution in [0.4, 0.5) is 0 Å². The molecule has 0 spiro atoms. The Bertz CT molecular complexity index is 271. The summed E-state index contributed by atoms with van der Waals surface area (Å²) in [6.07, 6.45) is 0.838. The van der Waals surface area contributed by atoms with E-state index in [-0.39, 0.29) is 5.75 Å². The van der Waals surface area contributed by atoms with Gasteiger partial charge in [-0.3, -0.25) is 0 Å². The molecule has 0 atom stereocenters. The lowest BCUT2D eigenvalue weighted by molar-refractivity contribution is 0.0644. The SMILES string of the molecule is COCCOCCCOc1ccc(O)cc1. The average molecular weight is 226 g/mol. The average Bonchev–Trinajstić information content (AvgIpc) is 2.30. The molecule has 1 N–H and O–H groups in total. The first kappa shape index (κ1) is 12.8. The fourth-order valence-corrected chi connectivity index (χ4v) is 1.14. The van der Waals surface area contributed by atoms with Crippen LogP contribution in [0.15, 0.2) is 24.3 Å². The molecule has 1 rings (SSSR count). The van der Waals surface area contributed by atoms with E-state index < -0.39 is 0 Å². The number of benzene rings is 1. The van der Waals surface area contributed by atoms with Crippen molar-refractivity contribution in [1.29, 1.82) is 0 Å². The topological polar surface area (TPSA) is 47.9 Å². The second-order valence-corrected chi connectivity index (χ2v) is 3.30. The van der Waals surface area contributed by atoms with E-state index in [4.69, 9.17) is 19.3 Å². The first-order valence-corrected chi connectivity index (χ1v) is 5.31. The quantitative estimate of drug-likeness (QED) is 0.687. The van der Waals surface area contributed by atoms with Crippen LogP contribution >= 0.6 is 0 Å². The Labute approximate surface area is 95.8 Å². The molecule has 0 aromatic heterocycles. The van der Waals surface area contributed by atoms with Gasteiger partial charge in [0.1, 0.15) is 11.5 Å². The summed E-state index contributed by atoms with van der Waals surface area (Å²) in [6.45, 7) is 2.52. The number of hydrogen-bond donors (Lipinski definition) is 1. The molecule has 1 aromatic rings. The van der Waals surface area contributed by atoms with Crippen molar-refractivity contribution in [1.82, 2.24) is 0 Å². The predicted molar refractivity (Wildman–Crippen MR) is 60.9 cm³/mol. The van der Waals surface area contributed by atoms with E-state index in [9.17, 15) is 0 Å². The highest BCUT2D eigenvalue weighted by molar-refractivity contribution is 5.29. The van der Waals surface area contributed by atoms with Crippen LogP contribution in [0.25, 0.3) is 0 Å². The number of hydrogen-bond acceptors (Lipinski definition) is 4. The van der Waals surface area contributed by atoms with E-state index in [1.165, 1.54) is 0 Å². The molecule has 90 valence electrons. The second-order valence-electron chi connectivity index (χ2n) is 3.30. The summed E-state index contributed by atoms with van der Waals surface area (Å²) in [4.78, 5) is 0. The molecule has 0 unspecified atom stereocenters. The van der Waals surface area contributed by atoms with Crippen molar-refractivity contribution < 1.29 is 19.3 Å². The maximum absolute atomic E-state index is 9.06. The van der Waals surface area contributed by atoms with Crippen LogP contribution in [-0.2, 0) is 9.47 Å². The predicted octanol–water partition coefficient (Wildman–Crippen LogP) is 1.82. The van der Waals surface area contributed by atoms with Crippen LogP contribution in [0.5, 0.6) is 11.5 Å². The Morgan fingerprint density at radius 2 is 1.75 bits per heavy atom. The number of phenolic OH excluding ortho intramolecular Hbond substituents is 1. The van der Waals surface area contributed by atoms with Gasteiger partial charge in [0.25, 0.3) is 0 Å². The van der Waals surface area contributed by atoms with Gasteiger partial charge in [-0.2, -0.15) is 0 Å². The molecule has 0 fully saturated rings. The summed E-state index contributed by atoms with van der Waals surface area (Å²) in [6, 6.07) is 6.68. The smallest absolute Gasteiger partial charge is 0.119 e. The van der Waals surface area contributed by atoms with Crippen molar-refractivity contribution in [2.75, 3.05) is 33.5 Å². The van der Waals surface area contributed by atoms with Crippen molar-refractivity contribution in [3.8, 4) is 11.5 Å². The van der Waals surface area contributed by atoms with E-state index in [1.807, 2.05) is 0 Å². The highest BCUT2D eigenvalue weighted by Crippen LogP contribution is 2.15. The zero-order valence-electron chi connectivity index (χ0n) is 9.52. The second kappa shape index (κ2) is 7.96. The number of ether oxygens (including phenoxy) is 3. The molecule has 0 heterocycles. The summed E-state index contributed by atoms with van der Waals surface area (Å²) >= 11 is 0. The van der Waals surface area contributed by atoms with Gasteiger partial charge >= 0.3 is 0 Å². The van der Waals surface area contributed by atoms with Gasteiger partial charge in [0.05, 0.1) is 19.8 Å². The fourth-order valence-electron chi connectivity index (χ4n) is 1.14. The molecule has 4 nitrogen and oxygen atoms in total. The highest BCUT2D eigenvalue weighted by Gasteiger charge is 1.94. The van der Waals surface area contributed by atoms with Crippen molar-refractivity contribution in [2.24, 2.45) is 0 Å². The first-order chi connectivity index (χ1) is 7.83. The molecule has 0 saturated heterocycles. The van der Waals surface area contributed by atoms with E-state index in [1.54, 1.807) is 31.4 Å². The lowest BCUT2D eigenvalue weighted by atomic mass is 10.3. The van der Waals surface area contributed by atoms with Crippen LogP contribution in [0.3, 0.4) is 0 Å². The van der Waals surface area contributed by atoms with Crippen molar-refractivity contribution in [3.63, 3.8) is 0 Å². The van der Waals surface area contributed by atoms with Crippen LogP contribution < -0.4 is 4.74 Å². The van der Waals surface area contributed by atoms with Gasteiger partial charge in [0.15, 0.2) is 0 Å². The Morgan fingerprint density at radius 3 is 2.44 bits per heavy atom. The van der Waals surface area contributed by atoms with Gasteiger partial charge in [0, 0.05) is 20.1 Å². The first-order valence-electron chi connectivity index (χ1n) is 5.31. The minimum atomic E-state index is 0.246. The molecule has 1 aromatic carbocycles. The Morgan fingerprint density at radius 1 is 1.00 bits per heavy atom. The van der Waals surface area contributed by atoms with Crippen molar-refractivity contribution >= 4 is 0 Å². The molecular formula is C12H18O4. The van der Waals surface area contributed by atoms with E-state index in [0.717, 1.165) is 12.2 Å². The monoisotopic (exact) mass is 226 g/mol. The van der Waals surface area contributed by atoms with Gasteiger partial charge in [-0.15, -0.1) is 0 Å². The van der Waals surface area contributed by atoms with Gasteiger partial charge < -0.3 is 19.3 Å². The van der Waals surface area contributed by atoms with E-state index in [2.05, 4.69) is 0 Å². The molecule has 0 saturated carbocycles. The Kier molecular flexibility index (Phi) is 6.37. The minimum absolute atomic E-state index is 0.246. The summed E-state index contributed by atoms with van der Waals surface area (Å²) in [5.41, 5.74) is 0. The number of phenols is 1. The zero-order chi connectivity index (χ0) is 11.6. The van der Waals surface area contributed by atoms with E-state index in [0.29, 0.717) is 26.4 Å². The lowest BCUT2D eigenvalue weighted by Crippen LogP contribution is -2.06. The Balaban J connectivity index is 2.01. The van der Waals surface area contributed by atoms with Gasteiger partial charge in [-0.1, -0.05) is 0 Å². The molecule has 0 bridgehead atoms. The van der Waals surface area contributed by atoms with Gasteiger partial charge in [-0.25, -0.2) is 0 Å². The van der Waals surface area contributed by atoms with Gasteiger partial charge in [0.2, 0.25) is 0 Å². The van der Waals surface area contributed by atoms with Crippen LogP contribution in [0.2, 0.25) is 0 Å². The summed E-state index contributed by atoms with van der Waals surface area (Å²) < 4.78 is 15.6. The zero-order valence-corrected chi connectivity index (χ0v) is 9.52. The molecule has 0 aliphatic rings. The highest BCUT2D eigenvalue weighted by atomic mass is 16.5. The molecule has 16 heavy (non-hydrogen) atoms. The molecule has 0 aliphatic heterocycles. The van der Waals surface area contributed by atoms with Crippen LogP contribution in [0.1, 0.15) is 6.42 Å². The maximum atomic E-state index is 9.06. The largest absolute Gasteiger partial charge is 0.508 e. The third-order valence-corrected chi connectivity index (χ3v) is 1.97. The molecular weight excluding hydrogens is 208 g/mol. The summed E-state index contributed by atoms with van der Waals surface area (Å²) in [5, 5.41) is 9.06. The van der Waals surface area contributed by atoms with Gasteiger partial charge in [-0.05, 0) is 24.3 Å². The normalized spacial score (nSPS) is 10.3. The minimum Gasteiger partial charge on any atom is -0.508 e. The van der Waals surface area contributed by atoms with Crippen molar-refractivity contribution in [2.45, 2.75) is 6.42 Å².